The van der Waals surface area contributed by atoms with Gasteiger partial charge in [0.15, 0.2) is 0 Å². The molecular formula is C17H16N2O2S. The molecule has 4 nitrogen and oxygen atoms in total. The van der Waals surface area contributed by atoms with Gasteiger partial charge in [0.05, 0.1) is 5.56 Å². The van der Waals surface area contributed by atoms with Crippen LogP contribution < -0.4 is 10.6 Å². The number of amides is 1. The normalized spacial score (nSPS) is 14.0. The van der Waals surface area contributed by atoms with Gasteiger partial charge in [-0.25, -0.2) is 0 Å². The van der Waals surface area contributed by atoms with Gasteiger partial charge in [0.2, 0.25) is 5.91 Å². The highest BCUT2D eigenvalue weighted by atomic mass is 32.1. The van der Waals surface area contributed by atoms with Crippen LogP contribution in [0.5, 0.6) is 0 Å². The molecule has 5 heteroatoms. The molecule has 3 aromatic rings. The Bertz CT molecular complexity index is 830. The van der Waals surface area contributed by atoms with Gasteiger partial charge in [0.1, 0.15) is 16.3 Å². The van der Waals surface area contributed by atoms with Crippen molar-refractivity contribution in [2.45, 2.75) is 19.9 Å². The van der Waals surface area contributed by atoms with Gasteiger partial charge in [-0.15, -0.1) is 11.3 Å². The van der Waals surface area contributed by atoms with E-state index < -0.39 is 0 Å². The third kappa shape index (κ3) is 2.23. The molecule has 2 aromatic heterocycles. The Balaban J connectivity index is 1.91. The first-order valence-corrected chi connectivity index (χ1v) is 8.16. The van der Waals surface area contributed by atoms with Crippen LogP contribution in [0.25, 0.3) is 22.3 Å². The van der Waals surface area contributed by atoms with E-state index in [1.165, 1.54) is 10.4 Å². The number of benzene rings is 1. The molecule has 0 spiro atoms. The lowest BCUT2D eigenvalue weighted by molar-refractivity contribution is -0.114. The fourth-order valence-electron chi connectivity index (χ4n) is 2.95. The molecule has 0 atom stereocenters. The predicted octanol–water partition coefficient (Wildman–Crippen LogP) is 3.77. The summed E-state index contributed by atoms with van der Waals surface area (Å²) in [7, 11) is 0. The first-order chi connectivity index (χ1) is 10.7. The SMILES string of the molecule is CC(=O)Nc1sc2c(c1-c1cc3ccccc3o1)CCNC2. The smallest absolute Gasteiger partial charge is 0.221 e. The van der Waals surface area contributed by atoms with Crippen LogP contribution in [0, 0.1) is 0 Å². The molecule has 0 radical (unpaired) electrons. The van der Waals surface area contributed by atoms with E-state index in [1.54, 1.807) is 18.3 Å². The summed E-state index contributed by atoms with van der Waals surface area (Å²) >= 11 is 1.64. The molecule has 2 N–H and O–H groups in total. The number of furan rings is 1. The fraction of sp³-hybridized carbons (Fsp3) is 0.235. The summed E-state index contributed by atoms with van der Waals surface area (Å²) < 4.78 is 6.04. The van der Waals surface area contributed by atoms with E-state index in [-0.39, 0.29) is 5.91 Å². The van der Waals surface area contributed by atoms with Crippen molar-refractivity contribution in [1.82, 2.24) is 5.32 Å². The number of anilines is 1. The van der Waals surface area contributed by atoms with Gasteiger partial charge in [-0.1, -0.05) is 18.2 Å². The van der Waals surface area contributed by atoms with Crippen molar-refractivity contribution < 1.29 is 9.21 Å². The van der Waals surface area contributed by atoms with Crippen molar-refractivity contribution in [1.29, 1.82) is 0 Å². The van der Waals surface area contributed by atoms with E-state index in [2.05, 4.69) is 16.7 Å². The summed E-state index contributed by atoms with van der Waals surface area (Å²) in [5, 5.41) is 8.32. The number of para-hydroxylation sites is 1. The van der Waals surface area contributed by atoms with Crippen LogP contribution >= 0.6 is 11.3 Å². The maximum absolute atomic E-state index is 11.5. The van der Waals surface area contributed by atoms with Crippen molar-refractivity contribution >= 4 is 33.2 Å². The van der Waals surface area contributed by atoms with E-state index >= 15 is 0 Å². The first kappa shape index (κ1) is 13.5. The first-order valence-electron chi connectivity index (χ1n) is 7.34. The zero-order valence-electron chi connectivity index (χ0n) is 12.2. The Morgan fingerprint density at radius 2 is 2.23 bits per heavy atom. The summed E-state index contributed by atoms with van der Waals surface area (Å²) in [5.74, 6) is 0.785. The molecule has 0 fully saturated rings. The van der Waals surface area contributed by atoms with E-state index in [1.807, 2.05) is 24.3 Å². The zero-order valence-corrected chi connectivity index (χ0v) is 13.0. The summed E-state index contributed by atoms with van der Waals surface area (Å²) in [4.78, 5) is 12.8. The van der Waals surface area contributed by atoms with Crippen LogP contribution in [-0.2, 0) is 17.8 Å². The Hall–Kier alpha value is -2.11. The quantitative estimate of drug-likeness (QED) is 0.757. The Labute approximate surface area is 132 Å². The lowest BCUT2D eigenvalue weighted by atomic mass is 10.0. The summed E-state index contributed by atoms with van der Waals surface area (Å²) in [6, 6.07) is 10.0. The molecule has 1 amide bonds. The number of thiophene rings is 1. The molecule has 112 valence electrons. The second-order valence-corrected chi connectivity index (χ2v) is 6.57. The topological polar surface area (TPSA) is 54.3 Å². The molecule has 0 bridgehead atoms. The van der Waals surface area contributed by atoms with Crippen molar-refractivity contribution in [2.24, 2.45) is 0 Å². The van der Waals surface area contributed by atoms with Gasteiger partial charge in [-0.05, 0) is 30.7 Å². The summed E-state index contributed by atoms with van der Waals surface area (Å²) in [6.45, 7) is 3.35. The Morgan fingerprint density at radius 1 is 1.36 bits per heavy atom. The third-order valence-corrected chi connectivity index (χ3v) is 5.04. The second kappa shape index (κ2) is 5.26. The average Bonchev–Trinajstić information content (AvgIpc) is 3.06. The molecule has 22 heavy (non-hydrogen) atoms. The number of hydrogen-bond acceptors (Lipinski definition) is 4. The standard InChI is InChI=1S/C17H16N2O2S/c1-10(20)19-17-16(12-6-7-18-9-15(12)22-17)14-8-11-4-2-3-5-13(11)21-14/h2-5,8,18H,6-7,9H2,1H3,(H,19,20). The van der Waals surface area contributed by atoms with Gasteiger partial charge < -0.3 is 15.1 Å². The molecular weight excluding hydrogens is 296 g/mol. The molecule has 1 aliphatic heterocycles. The molecule has 3 heterocycles. The van der Waals surface area contributed by atoms with Crippen molar-refractivity contribution in [3.8, 4) is 11.3 Å². The summed E-state index contributed by atoms with van der Waals surface area (Å²) in [6.07, 6.45) is 0.956. The number of rotatable bonds is 2. The van der Waals surface area contributed by atoms with Crippen LogP contribution in [0.2, 0.25) is 0 Å². The molecule has 0 unspecified atom stereocenters. The highest BCUT2D eigenvalue weighted by Crippen LogP contribution is 2.43. The molecule has 1 aliphatic rings. The van der Waals surface area contributed by atoms with Crippen LogP contribution in [0.4, 0.5) is 5.00 Å². The highest BCUT2D eigenvalue weighted by Gasteiger charge is 2.24. The minimum Gasteiger partial charge on any atom is -0.456 e. The largest absolute Gasteiger partial charge is 0.456 e. The molecule has 0 aliphatic carbocycles. The molecule has 0 saturated heterocycles. The third-order valence-electron chi connectivity index (χ3n) is 3.89. The van der Waals surface area contributed by atoms with Crippen LogP contribution in [0.15, 0.2) is 34.7 Å². The maximum Gasteiger partial charge on any atom is 0.221 e. The van der Waals surface area contributed by atoms with Gasteiger partial charge in [0, 0.05) is 23.7 Å². The van der Waals surface area contributed by atoms with Gasteiger partial charge in [-0.3, -0.25) is 4.79 Å². The second-order valence-electron chi connectivity index (χ2n) is 5.46. The van der Waals surface area contributed by atoms with Crippen LogP contribution in [0.1, 0.15) is 17.4 Å². The number of nitrogens with one attached hydrogen (secondary N) is 2. The predicted molar refractivity (Wildman–Crippen MR) is 89.2 cm³/mol. The number of carbonyl (C=O) groups excluding carboxylic acids is 1. The van der Waals surface area contributed by atoms with E-state index in [9.17, 15) is 4.79 Å². The van der Waals surface area contributed by atoms with Crippen LogP contribution in [0.3, 0.4) is 0 Å². The maximum atomic E-state index is 11.5. The lowest BCUT2D eigenvalue weighted by Gasteiger charge is -2.13. The van der Waals surface area contributed by atoms with Crippen molar-refractivity contribution in [3.63, 3.8) is 0 Å². The number of fused-ring (bicyclic) bond motifs is 2. The highest BCUT2D eigenvalue weighted by molar-refractivity contribution is 7.17. The van der Waals surface area contributed by atoms with Gasteiger partial charge in [0.25, 0.3) is 0 Å². The van der Waals surface area contributed by atoms with E-state index in [4.69, 9.17) is 4.42 Å². The van der Waals surface area contributed by atoms with Crippen LogP contribution in [-0.4, -0.2) is 12.5 Å². The molecule has 4 rings (SSSR count). The fourth-order valence-corrected chi connectivity index (χ4v) is 4.22. The zero-order chi connectivity index (χ0) is 15.1. The minimum atomic E-state index is -0.0519. The monoisotopic (exact) mass is 312 g/mol. The van der Waals surface area contributed by atoms with Gasteiger partial charge >= 0.3 is 0 Å². The number of hydrogen-bond donors (Lipinski definition) is 2. The van der Waals surface area contributed by atoms with Crippen molar-refractivity contribution in [2.75, 3.05) is 11.9 Å². The number of carbonyl (C=O) groups is 1. The Morgan fingerprint density at radius 3 is 3.05 bits per heavy atom. The Kier molecular flexibility index (Phi) is 3.24. The van der Waals surface area contributed by atoms with E-state index in [0.29, 0.717) is 0 Å². The average molecular weight is 312 g/mol. The van der Waals surface area contributed by atoms with Crippen molar-refractivity contribution in [3.05, 3.63) is 40.8 Å². The molecule has 1 aromatic carbocycles. The minimum absolute atomic E-state index is 0.0519. The van der Waals surface area contributed by atoms with Gasteiger partial charge in [-0.2, -0.15) is 0 Å². The van der Waals surface area contributed by atoms with E-state index in [0.717, 1.165) is 46.8 Å². The molecule has 0 saturated carbocycles. The lowest BCUT2D eigenvalue weighted by Crippen LogP contribution is -2.22. The summed E-state index contributed by atoms with van der Waals surface area (Å²) in [5.41, 5.74) is 3.22.